The van der Waals surface area contributed by atoms with Crippen molar-refractivity contribution in [2.45, 2.75) is 0 Å². The Kier molecular flexibility index (Phi) is 3.56. The molecule has 4 rings (SSSR count). The lowest BCUT2D eigenvalue weighted by atomic mass is 10.1. The van der Waals surface area contributed by atoms with Gasteiger partial charge in [-0.2, -0.15) is 5.26 Å². The Bertz CT molecular complexity index is 1090. The Morgan fingerprint density at radius 2 is 2.12 bits per heavy atom. The number of nitrogens with one attached hydrogen (secondary N) is 1. The number of fused-ring (bicyclic) bond motifs is 1. The Hall–Kier alpha value is -3.44. The minimum Gasteiger partial charge on any atom is -0.456 e. The van der Waals surface area contributed by atoms with Gasteiger partial charge in [-0.1, -0.05) is 0 Å². The van der Waals surface area contributed by atoms with Gasteiger partial charge >= 0.3 is 0 Å². The molecule has 0 unspecified atom stereocenters. The monoisotopic (exact) mass is 348 g/mol. The minimum absolute atomic E-state index is 0.276. The van der Waals surface area contributed by atoms with E-state index < -0.39 is 11.1 Å². The van der Waals surface area contributed by atoms with Crippen LogP contribution in [-0.2, 0) is 4.79 Å². The molecule has 1 fully saturated rings. The number of aromatic nitrogens is 2. The van der Waals surface area contributed by atoms with Gasteiger partial charge in [0.25, 0.3) is 11.1 Å². The van der Waals surface area contributed by atoms with Crippen molar-refractivity contribution in [3.63, 3.8) is 0 Å². The molecule has 1 aliphatic rings. The third kappa shape index (κ3) is 2.77. The maximum absolute atomic E-state index is 11.6. The molecule has 0 bridgehead atoms. The van der Waals surface area contributed by atoms with Gasteiger partial charge in [-0.25, -0.2) is 4.98 Å². The van der Waals surface area contributed by atoms with E-state index >= 15 is 0 Å². The number of pyridine rings is 2. The molecule has 0 radical (unpaired) electrons. The molecule has 0 aliphatic carbocycles. The minimum atomic E-state index is -0.440. The van der Waals surface area contributed by atoms with Crippen molar-refractivity contribution in [1.29, 1.82) is 5.26 Å². The highest BCUT2D eigenvalue weighted by Gasteiger charge is 2.25. The van der Waals surface area contributed by atoms with E-state index in [4.69, 9.17) is 9.68 Å². The summed E-state index contributed by atoms with van der Waals surface area (Å²) in [4.78, 5) is 31.4. The van der Waals surface area contributed by atoms with Crippen LogP contribution in [0.3, 0.4) is 0 Å². The smallest absolute Gasteiger partial charge is 0.290 e. The molecular weight excluding hydrogens is 340 g/mol. The van der Waals surface area contributed by atoms with Crippen molar-refractivity contribution in [1.82, 2.24) is 15.3 Å². The molecule has 120 valence electrons. The summed E-state index contributed by atoms with van der Waals surface area (Å²) in [6.07, 6.45) is 6.39. The molecular formula is C17H8N4O3S. The Labute approximate surface area is 145 Å². The number of thioether (sulfide) groups is 1. The van der Waals surface area contributed by atoms with Crippen molar-refractivity contribution in [2.24, 2.45) is 0 Å². The van der Waals surface area contributed by atoms with Gasteiger partial charge < -0.3 is 4.42 Å². The molecule has 0 aromatic carbocycles. The highest BCUT2D eigenvalue weighted by atomic mass is 32.2. The van der Waals surface area contributed by atoms with Gasteiger partial charge in [0.1, 0.15) is 23.1 Å². The fraction of sp³-hybridized carbons (Fsp3) is 0. The zero-order valence-electron chi connectivity index (χ0n) is 12.5. The molecule has 1 aliphatic heterocycles. The molecule has 25 heavy (non-hydrogen) atoms. The fourth-order valence-electron chi connectivity index (χ4n) is 2.43. The summed E-state index contributed by atoms with van der Waals surface area (Å²) in [7, 11) is 0. The summed E-state index contributed by atoms with van der Waals surface area (Å²) in [5.41, 5.74) is 2.39. The number of amides is 2. The number of nitrogens with zero attached hydrogens (tertiary/aromatic N) is 3. The molecule has 1 N–H and O–H groups in total. The molecule has 0 atom stereocenters. The number of hydrogen-bond acceptors (Lipinski definition) is 7. The second kappa shape index (κ2) is 5.89. The van der Waals surface area contributed by atoms with Crippen LogP contribution in [0.4, 0.5) is 4.79 Å². The van der Waals surface area contributed by atoms with E-state index in [-0.39, 0.29) is 4.91 Å². The number of hydrogen-bond donors (Lipinski definition) is 1. The maximum Gasteiger partial charge on any atom is 0.290 e. The van der Waals surface area contributed by atoms with E-state index in [9.17, 15) is 9.59 Å². The van der Waals surface area contributed by atoms with Crippen LogP contribution in [-0.4, -0.2) is 21.1 Å². The lowest BCUT2D eigenvalue weighted by molar-refractivity contribution is -0.115. The number of imide groups is 1. The molecule has 3 aromatic heterocycles. The largest absolute Gasteiger partial charge is 0.456 e. The van der Waals surface area contributed by atoms with Crippen molar-refractivity contribution in [2.75, 3.05) is 0 Å². The predicted molar refractivity (Wildman–Crippen MR) is 91.1 cm³/mol. The van der Waals surface area contributed by atoms with Crippen LogP contribution in [0.2, 0.25) is 0 Å². The summed E-state index contributed by atoms with van der Waals surface area (Å²) >= 11 is 0.828. The van der Waals surface area contributed by atoms with Gasteiger partial charge in [0.2, 0.25) is 0 Å². The Morgan fingerprint density at radius 3 is 2.80 bits per heavy atom. The van der Waals surface area contributed by atoms with E-state index in [0.29, 0.717) is 17.0 Å². The maximum atomic E-state index is 11.6. The molecule has 0 spiro atoms. The summed E-state index contributed by atoms with van der Waals surface area (Å²) in [6.45, 7) is 0. The van der Waals surface area contributed by atoms with E-state index in [1.165, 1.54) is 6.08 Å². The first-order valence-corrected chi connectivity index (χ1v) is 7.94. The van der Waals surface area contributed by atoms with Crippen molar-refractivity contribution >= 4 is 40.0 Å². The van der Waals surface area contributed by atoms with Crippen molar-refractivity contribution in [3.8, 4) is 17.2 Å². The molecule has 1 saturated heterocycles. The van der Waals surface area contributed by atoms with Crippen LogP contribution in [0.15, 0.2) is 46.1 Å². The Morgan fingerprint density at radius 1 is 1.24 bits per heavy atom. The summed E-state index contributed by atoms with van der Waals surface area (Å²) in [5.74, 6) is 0.00306. The van der Waals surface area contributed by atoms with E-state index in [1.807, 2.05) is 6.07 Å². The predicted octanol–water partition coefficient (Wildman–Crippen LogP) is 3.09. The third-order valence-corrected chi connectivity index (χ3v) is 4.36. The number of rotatable bonds is 2. The highest BCUT2D eigenvalue weighted by molar-refractivity contribution is 8.18. The molecule has 8 heteroatoms. The topological polar surface area (TPSA) is 109 Å². The second-order valence-corrected chi connectivity index (χ2v) is 6.17. The number of nitriles is 1. The first-order chi connectivity index (χ1) is 12.1. The van der Waals surface area contributed by atoms with Gasteiger partial charge in [-0.05, 0) is 30.0 Å². The summed E-state index contributed by atoms with van der Waals surface area (Å²) in [5, 5.41) is 11.4. The summed E-state index contributed by atoms with van der Waals surface area (Å²) in [6, 6.07) is 7.09. The van der Waals surface area contributed by atoms with E-state index in [1.54, 1.807) is 36.8 Å². The lowest BCUT2D eigenvalue weighted by Crippen LogP contribution is -2.17. The molecule has 3 aromatic rings. The van der Waals surface area contributed by atoms with Crippen molar-refractivity contribution in [3.05, 3.63) is 53.1 Å². The van der Waals surface area contributed by atoms with E-state index in [0.717, 1.165) is 28.3 Å². The highest BCUT2D eigenvalue weighted by Crippen LogP contribution is 2.32. The SMILES string of the molecule is N#Cc1ccc(-c2cncc3cc(C=C4SC(=O)NC4=O)oc23)cn1. The zero-order chi connectivity index (χ0) is 17.4. The number of furan rings is 1. The van der Waals surface area contributed by atoms with Gasteiger partial charge in [0.15, 0.2) is 0 Å². The van der Waals surface area contributed by atoms with Gasteiger partial charge in [0.05, 0.1) is 4.91 Å². The normalized spacial score (nSPS) is 15.6. The standard InChI is InChI=1S/C17H8N4O3S/c18-5-11-2-1-9(7-20-11)13-8-19-6-10-3-12(24-15(10)13)4-14-16(22)21-17(23)25-14/h1-4,6-8H,(H,21,22,23). The second-order valence-electron chi connectivity index (χ2n) is 5.15. The van der Waals surface area contributed by atoms with Crippen LogP contribution in [0.5, 0.6) is 0 Å². The summed E-state index contributed by atoms with van der Waals surface area (Å²) < 4.78 is 5.84. The quantitative estimate of drug-likeness (QED) is 0.709. The third-order valence-electron chi connectivity index (χ3n) is 3.55. The molecule has 7 nitrogen and oxygen atoms in total. The van der Waals surface area contributed by atoms with Gasteiger partial charge in [0, 0.05) is 41.2 Å². The zero-order valence-corrected chi connectivity index (χ0v) is 13.3. The van der Waals surface area contributed by atoms with E-state index in [2.05, 4.69) is 15.3 Å². The first-order valence-electron chi connectivity index (χ1n) is 7.13. The number of carbonyl (C=O) groups is 2. The fourth-order valence-corrected chi connectivity index (χ4v) is 3.09. The molecule has 4 heterocycles. The average molecular weight is 348 g/mol. The van der Waals surface area contributed by atoms with Crippen LogP contribution in [0, 0.1) is 11.3 Å². The van der Waals surface area contributed by atoms with Crippen molar-refractivity contribution < 1.29 is 14.0 Å². The van der Waals surface area contributed by atoms with Crippen LogP contribution in [0.25, 0.3) is 28.2 Å². The first kappa shape index (κ1) is 15.1. The number of carbonyl (C=O) groups excluding carboxylic acids is 2. The van der Waals surface area contributed by atoms with Crippen LogP contribution < -0.4 is 5.32 Å². The molecule has 2 amide bonds. The lowest BCUT2D eigenvalue weighted by Gasteiger charge is -2.01. The van der Waals surface area contributed by atoms with Gasteiger partial charge in [-0.15, -0.1) is 0 Å². The Balaban J connectivity index is 1.79. The van der Waals surface area contributed by atoms with Crippen LogP contribution >= 0.6 is 11.8 Å². The molecule has 0 saturated carbocycles. The average Bonchev–Trinajstić information content (AvgIpc) is 3.17. The van der Waals surface area contributed by atoms with Gasteiger partial charge in [-0.3, -0.25) is 19.9 Å². The van der Waals surface area contributed by atoms with Crippen LogP contribution in [0.1, 0.15) is 11.5 Å².